The van der Waals surface area contributed by atoms with Gasteiger partial charge in [0.25, 0.3) is 0 Å². The van der Waals surface area contributed by atoms with E-state index in [9.17, 15) is 19.2 Å². The second-order valence-electron chi connectivity index (χ2n) is 8.95. The van der Waals surface area contributed by atoms with Gasteiger partial charge in [0, 0.05) is 23.7 Å². The molecule has 9 N–H and O–H groups in total. The Morgan fingerprint density at radius 1 is 0.622 bits per heavy atom. The van der Waals surface area contributed by atoms with Crippen LogP contribution in [-0.4, -0.2) is 103 Å². The number of rotatable bonds is 12. The molecule has 0 spiro atoms. The topological polar surface area (TPSA) is 250 Å². The highest BCUT2D eigenvalue weighted by Gasteiger charge is 2.20. The molecule has 0 unspecified atom stereocenters. The predicted molar refractivity (Wildman–Crippen MR) is 131 cm³/mol. The maximum atomic E-state index is 10.4. The van der Waals surface area contributed by atoms with Gasteiger partial charge < -0.3 is 46.0 Å². The van der Waals surface area contributed by atoms with Gasteiger partial charge in [0.15, 0.2) is 0 Å². The molecule has 214 valence electrons. The third kappa shape index (κ3) is 23.1. The number of aliphatic hydroxyl groups excluding tert-OH is 5. The van der Waals surface area contributed by atoms with Crippen molar-refractivity contribution >= 4 is 23.9 Å². The lowest BCUT2D eigenvalue weighted by atomic mass is 9.95. The summed E-state index contributed by atoms with van der Waals surface area (Å²) in [6, 6.07) is 5.20. The smallest absolute Gasteiger partial charge is 0.335 e. The molecule has 1 rings (SSSR count). The Labute approximate surface area is 215 Å². The zero-order valence-electron chi connectivity index (χ0n) is 21.3. The van der Waals surface area contributed by atoms with Crippen molar-refractivity contribution in [3.05, 3.63) is 35.4 Å². The van der Waals surface area contributed by atoms with Crippen LogP contribution in [-0.2, 0) is 9.59 Å². The van der Waals surface area contributed by atoms with E-state index in [1.165, 1.54) is 18.2 Å². The number of aromatic carboxylic acids is 2. The lowest BCUT2D eigenvalue weighted by molar-refractivity contribution is -0.139. The molecule has 13 heteroatoms. The summed E-state index contributed by atoms with van der Waals surface area (Å²) in [5, 5.41) is 75.5. The number of aliphatic carboxylic acids is 2. The van der Waals surface area contributed by atoms with Crippen molar-refractivity contribution in [3.8, 4) is 0 Å². The quantitative estimate of drug-likeness (QED) is 0.168. The van der Waals surface area contributed by atoms with Gasteiger partial charge in [-0.2, -0.15) is 0 Å². The number of benzene rings is 1. The minimum Gasteiger partial charge on any atom is -0.481 e. The minimum absolute atomic E-state index is 0.0186. The van der Waals surface area contributed by atoms with Crippen molar-refractivity contribution in [2.24, 2.45) is 10.8 Å². The number of hydrogen-bond donors (Lipinski definition) is 9. The molecular weight excluding hydrogens is 496 g/mol. The molecule has 0 aliphatic carbocycles. The number of hydrogen-bond acceptors (Lipinski definition) is 9. The Kier molecular flexibility index (Phi) is 21.8. The first-order valence-corrected chi connectivity index (χ1v) is 11.1. The molecule has 0 bridgehead atoms. The van der Waals surface area contributed by atoms with Gasteiger partial charge >= 0.3 is 23.9 Å². The highest BCUT2D eigenvalue weighted by atomic mass is 16.4. The van der Waals surface area contributed by atoms with Crippen LogP contribution in [0.4, 0.5) is 0 Å². The minimum atomic E-state index is -1.13. The van der Waals surface area contributed by atoms with Gasteiger partial charge in [0.05, 0.1) is 44.2 Å². The molecule has 1 aromatic carbocycles. The fourth-order valence-corrected chi connectivity index (χ4v) is 1.54. The number of carbonyl (C=O) groups is 4. The number of carboxylic acid groups (broad SMARTS) is 4. The Hall–Kier alpha value is -3.10. The Balaban J connectivity index is -0.000000427. The molecule has 1 aromatic rings. The van der Waals surface area contributed by atoms with Gasteiger partial charge in [0.2, 0.25) is 0 Å². The standard InChI is InChI=1S/C8H6O4.C6H10O4.C5H12O3.C5H12O2/c9-7(10)5-2-1-3-6(4-5)8(11)12;7-5(8)3-1-2-4-6(9)10;1-5(2-6,3-7)4-8;1-5(2,3-6)4-7/h1-4H,(H,9,10)(H,11,12);1-4H2,(H,7,8)(H,9,10);6-8H,2-4H2,1H3;6-7H,3-4H2,1-2H3. The van der Waals surface area contributed by atoms with Gasteiger partial charge in [-0.25, -0.2) is 9.59 Å². The maximum Gasteiger partial charge on any atom is 0.335 e. The van der Waals surface area contributed by atoms with Crippen LogP contribution in [0.5, 0.6) is 0 Å². The largest absolute Gasteiger partial charge is 0.481 e. The Morgan fingerprint density at radius 2 is 0.946 bits per heavy atom. The van der Waals surface area contributed by atoms with Crippen LogP contribution in [0, 0.1) is 10.8 Å². The Morgan fingerprint density at radius 3 is 1.11 bits per heavy atom. The average Bonchev–Trinajstić information content (AvgIpc) is 2.87. The average molecular weight is 537 g/mol. The summed E-state index contributed by atoms with van der Waals surface area (Å²) in [6.07, 6.45) is 1.02. The van der Waals surface area contributed by atoms with E-state index in [1.54, 1.807) is 20.8 Å². The van der Waals surface area contributed by atoms with E-state index in [1.807, 2.05) is 0 Å². The predicted octanol–water partition coefficient (Wildman–Crippen LogP) is 0.766. The first kappa shape index (κ1) is 38.4. The third-order valence-electron chi connectivity index (χ3n) is 4.39. The second kappa shape index (κ2) is 21.0. The molecule has 37 heavy (non-hydrogen) atoms. The van der Waals surface area contributed by atoms with E-state index in [4.69, 9.17) is 46.0 Å². The summed E-state index contributed by atoms with van der Waals surface area (Å²) >= 11 is 0. The molecule has 0 amide bonds. The van der Waals surface area contributed by atoms with Crippen molar-refractivity contribution in [1.29, 1.82) is 0 Å². The number of unbranched alkanes of at least 4 members (excludes halogenated alkanes) is 1. The molecule has 0 saturated carbocycles. The van der Waals surface area contributed by atoms with E-state index >= 15 is 0 Å². The summed E-state index contributed by atoms with van der Waals surface area (Å²) in [6.45, 7) is 4.75. The summed E-state index contributed by atoms with van der Waals surface area (Å²) < 4.78 is 0. The molecule has 0 saturated heterocycles. The van der Waals surface area contributed by atoms with Crippen LogP contribution < -0.4 is 0 Å². The Bertz CT molecular complexity index is 742. The highest BCUT2D eigenvalue weighted by molar-refractivity contribution is 5.93. The monoisotopic (exact) mass is 536 g/mol. The summed E-state index contributed by atoms with van der Waals surface area (Å²) in [5.74, 6) is -3.99. The third-order valence-corrected chi connectivity index (χ3v) is 4.39. The lowest BCUT2D eigenvalue weighted by Gasteiger charge is -2.20. The fourth-order valence-electron chi connectivity index (χ4n) is 1.54. The molecule has 0 radical (unpaired) electrons. The van der Waals surface area contributed by atoms with Gasteiger partial charge in [-0.3, -0.25) is 9.59 Å². The van der Waals surface area contributed by atoms with E-state index in [-0.39, 0.29) is 62.4 Å². The molecule has 0 fully saturated rings. The van der Waals surface area contributed by atoms with Gasteiger partial charge in [0.1, 0.15) is 0 Å². The first-order chi connectivity index (χ1) is 17.0. The van der Waals surface area contributed by atoms with E-state index in [0.717, 1.165) is 6.07 Å². The van der Waals surface area contributed by atoms with Crippen LogP contribution in [0.1, 0.15) is 67.2 Å². The van der Waals surface area contributed by atoms with Gasteiger partial charge in [-0.15, -0.1) is 0 Å². The van der Waals surface area contributed by atoms with Crippen LogP contribution in [0.2, 0.25) is 0 Å². The molecule has 0 aliphatic rings. The van der Waals surface area contributed by atoms with Gasteiger partial charge in [-0.1, -0.05) is 26.8 Å². The van der Waals surface area contributed by atoms with Crippen LogP contribution in [0.3, 0.4) is 0 Å². The van der Waals surface area contributed by atoms with Crippen molar-refractivity contribution < 1.29 is 65.1 Å². The van der Waals surface area contributed by atoms with Crippen LogP contribution >= 0.6 is 0 Å². The molecule has 0 heterocycles. The molecule has 0 atom stereocenters. The zero-order valence-corrected chi connectivity index (χ0v) is 21.3. The number of aliphatic hydroxyl groups is 5. The SMILES string of the molecule is CC(C)(CO)CO.CC(CO)(CO)CO.O=C(O)CCCCC(=O)O.O=C(O)c1cccc(C(=O)O)c1. The number of carboxylic acids is 4. The van der Waals surface area contributed by atoms with Crippen molar-refractivity contribution in [2.45, 2.75) is 46.5 Å². The van der Waals surface area contributed by atoms with Crippen molar-refractivity contribution in [2.75, 3.05) is 33.0 Å². The maximum absolute atomic E-state index is 10.4. The van der Waals surface area contributed by atoms with E-state index in [2.05, 4.69) is 0 Å². The van der Waals surface area contributed by atoms with Crippen LogP contribution in [0.25, 0.3) is 0 Å². The molecular formula is C24H40O13. The van der Waals surface area contributed by atoms with Crippen LogP contribution in [0.15, 0.2) is 24.3 Å². The summed E-state index contributed by atoms with van der Waals surface area (Å²) in [4.78, 5) is 40.6. The molecule has 0 aromatic heterocycles. The lowest BCUT2D eigenvalue weighted by Crippen LogP contribution is -2.29. The molecule has 13 nitrogen and oxygen atoms in total. The summed E-state index contributed by atoms with van der Waals surface area (Å²) in [5.41, 5.74) is -1.05. The van der Waals surface area contributed by atoms with Gasteiger partial charge in [-0.05, 0) is 31.0 Å². The van der Waals surface area contributed by atoms with Crippen molar-refractivity contribution in [3.63, 3.8) is 0 Å². The van der Waals surface area contributed by atoms with E-state index < -0.39 is 29.3 Å². The fraction of sp³-hybridized carbons (Fsp3) is 0.583. The van der Waals surface area contributed by atoms with Crippen molar-refractivity contribution in [1.82, 2.24) is 0 Å². The summed E-state index contributed by atoms with van der Waals surface area (Å²) in [7, 11) is 0. The zero-order chi connectivity index (χ0) is 29.7. The highest BCUT2D eigenvalue weighted by Crippen LogP contribution is 2.11. The van der Waals surface area contributed by atoms with E-state index in [0.29, 0.717) is 12.8 Å². The first-order valence-electron chi connectivity index (χ1n) is 11.1. The second-order valence-corrected chi connectivity index (χ2v) is 8.95. The normalized spacial score (nSPS) is 10.4. The molecule has 0 aliphatic heterocycles.